The number of piperazine rings is 1. The maximum Gasteiger partial charge on any atom is 0.317 e. The molecule has 0 saturated carbocycles. The molecular weight excluding hydrogens is 216 g/mol. The Labute approximate surface area is 104 Å². The lowest BCUT2D eigenvalue weighted by atomic mass is 10.1. The fourth-order valence-electron chi connectivity index (χ4n) is 2.22. The highest BCUT2D eigenvalue weighted by molar-refractivity contribution is 5.75. The van der Waals surface area contributed by atoms with Crippen LogP contribution < -0.4 is 10.6 Å². The zero-order valence-corrected chi connectivity index (χ0v) is 11.1. The molecule has 0 radical (unpaired) electrons. The van der Waals surface area contributed by atoms with Gasteiger partial charge in [-0.05, 0) is 20.8 Å². The van der Waals surface area contributed by atoms with Crippen molar-refractivity contribution >= 4 is 6.03 Å². The summed E-state index contributed by atoms with van der Waals surface area (Å²) >= 11 is 0. The number of hydrogen-bond donors (Lipinski definition) is 2. The SMILES string of the molecule is CC(C)(C)NC(=O)N1CCN(C2CNC2)CC1. The number of nitrogens with zero attached hydrogens (tertiary/aromatic N) is 2. The smallest absolute Gasteiger partial charge is 0.317 e. The molecule has 2 aliphatic heterocycles. The summed E-state index contributed by atoms with van der Waals surface area (Å²) in [5, 5.41) is 6.31. The molecule has 98 valence electrons. The number of amides is 2. The summed E-state index contributed by atoms with van der Waals surface area (Å²) in [5.74, 6) is 0. The molecule has 2 amide bonds. The van der Waals surface area contributed by atoms with Crippen molar-refractivity contribution in [1.29, 1.82) is 0 Å². The van der Waals surface area contributed by atoms with Gasteiger partial charge >= 0.3 is 6.03 Å². The van der Waals surface area contributed by atoms with E-state index in [0.29, 0.717) is 6.04 Å². The summed E-state index contributed by atoms with van der Waals surface area (Å²) < 4.78 is 0. The van der Waals surface area contributed by atoms with Crippen LogP contribution in [0.2, 0.25) is 0 Å². The van der Waals surface area contributed by atoms with Crippen molar-refractivity contribution in [1.82, 2.24) is 20.4 Å². The highest BCUT2D eigenvalue weighted by atomic mass is 16.2. The number of nitrogens with one attached hydrogen (secondary N) is 2. The highest BCUT2D eigenvalue weighted by Crippen LogP contribution is 2.10. The number of hydrogen-bond acceptors (Lipinski definition) is 3. The molecule has 0 atom stereocenters. The van der Waals surface area contributed by atoms with Crippen LogP contribution >= 0.6 is 0 Å². The van der Waals surface area contributed by atoms with Gasteiger partial charge in [-0.15, -0.1) is 0 Å². The Balaban J connectivity index is 1.76. The van der Waals surface area contributed by atoms with Crippen LogP contribution in [0.3, 0.4) is 0 Å². The Morgan fingerprint density at radius 3 is 2.18 bits per heavy atom. The van der Waals surface area contributed by atoms with Crippen molar-refractivity contribution in [2.75, 3.05) is 39.3 Å². The third kappa shape index (κ3) is 3.33. The predicted octanol–water partition coefficient (Wildman–Crippen LogP) is 0.0839. The molecule has 2 aliphatic rings. The Morgan fingerprint density at radius 1 is 1.18 bits per heavy atom. The van der Waals surface area contributed by atoms with Gasteiger partial charge in [0.15, 0.2) is 0 Å². The van der Waals surface area contributed by atoms with Crippen LogP contribution in [0.15, 0.2) is 0 Å². The molecule has 2 saturated heterocycles. The molecule has 5 heteroatoms. The van der Waals surface area contributed by atoms with E-state index in [0.717, 1.165) is 39.3 Å². The summed E-state index contributed by atoms with van der Waals surface area (Å²) in [6, 6.07) is 0.770. The van der Waals surface area contributed by atoms with Gasteiger partial charge < -0.3 is 15.5 Å². The summed E-state index contributed by atoms with van der Waals surface area (Å²) in [5.41, 5.74) is -0.147. The van der Waals surface area contributed by atoms with Crippen LogP contribution in [-0.2, 0) is 0 Å². The van der Waals surface area contributed by atoms with E-state index in [1.54, 1.807) is 0 Å². The van der Waals surface area contributed by atoms with Gasteiger partial charge in [0, 0.05) is 50.8 Å². The van der Waals surface area contributed by atoms with E-state index in [-0.39, 0.29) is 11.6 Å². The average Bonchev–Trinajstić information content (AvgIpc) is 2.13. The van der Waals surface area contributed by atoms with Gasteiger partial charge in [-0.2, -0.15) is 0 Å². The fraction of sp³-hybridized carbons (Fsp3) is 0.917. The molecule has 0 spiro atoms. The molecule has 0 bridgehead atoms. The van der Waals surface area contributed by atoms with E-state index in [9.17, 15) is 4.79 Å². The number of rotatable bonds is 1. The Kier molecular flexibility index (Phi) is 3.58. The standard InChI is InChI=1S/C12H24N4O/c1-12(2,3)14-11(17)16-6-4-15(5-7-16)10-8-13-9-10/h10,13H,4-9H2,1-3H3,(H,14,17). The number of carbonyl (C=O) groups excluding carboxylic acids is 1. The second kappa shape index (κ2) is 4.82. The van der Waals surface area contributed by atoms with E-state index in [1.165, 1.54) is 0 Å². The molecule has 2 rings (SSSR count). The molecule has 5 nitrogen and oxygen atoms in total. The van der Waals surface area contributed by atoms with Crippen molar-refractivity contribution in [3.05, 3.63) is 0 Å². The van der Waals surface area contributed by atoms with Crippen LogP contribution in [0.1, 0.15) is 20.8 Å². The topological polar surface area (TPSA) is 47.6 Å². The summed E-state index contributed by atoms with van der Waals surface area (Å²) in [7, 11) is 0. The van der Waals surface area contributed by atoms with Crippen LogP contribution in [0, 0.1) is 0 Å². The lowest BCUT2D eigenvalue weighted by Crippen LogP contribution is -2.63. The van der Waals surface area contributed by atoms with Gasteiger partial charge in [-0.25, -0.2) is 4.79 Å². The second-order valence-corrected chi connectivity index (χ2v) is 6.02. The molecule has 2 N–H and O–H groups in total. The molecule has 0 unspecified atom stereocenters. The van der Waals surface area contributed by atoms with Crippen molar-refractivity contribution in [2.45, 2.75) is 32.4 Å². The first-order valence-electron chi connectivity index (χ1n) is 6.47. The summed E-state index contributed by atoms with van der Waals surface area (Å²) in [6.07, 6.45) is 0. The minimum atomic E-state index is -0.147. The minimum absolute atomic E-state index is 0.0730. The number of carbonyl (C=O) groups is 1. The maximum absolute atomic E-state index is 12.0. The molecule has 0 aliphatic carbocycles. The van der Waals surface area contributed by atoms with E-state index >= 15 is 0 Å². The number of urea groups is 1. The van der Waals surface area contributed by atoms with E-state index in [4.69, 9.17) is 0 Å². The van der Waals surface area contributed by atoms with E-state index < -0.39 is 0 Å². The Morgan fingerprint density at radius 2 is 1.76 bits per heavy atom. The minimum Gasteiger partial charge on any atom is -0.333 e. The van der Waals surface area contributed by atoms with Gasteiger partial charge in [0.1, 0.15) is 0 Å². The van der Waals surface area contributed by atoms with Gasteiger partial charge in [-0.1, -0.05) is 0 Å². The molecule has 0 aromatic heterocycles. The van der Waals surface area contributed by atoms with Gasteiger partial charge in [0.25, 0.3) is 0 Å². The van der Waals surface area contributed by atoms with Gasteiger partial charge in [-0.3, -0.25) is 4.90 Å². The quantitative estimate of drug-likeness (QED) is 0.682. The van der Waals surface area contributed by atoms with Crippen LogP contribution in [-0.4, -0.2) is 66.7 Å². The molecule has 0 aromatic rings. The molecule has 17 heavy (non-hydrogen) atoms. The zero-order chi connectivity index (χ0) is 12.5. The van der Waals surface area contributed by atoms with E-state index in [1.807, 2.05) is 25.7 Å². The van der Waals surface area contributed by atoms with E-state index in [2.05, 4.69) is 15.5 Å². The Hall–Kier alpha value is -0.810. The van der Waals surface area contributed by atoms with Crippen LogP contribution in [0.25, 0.3) is 0 Å². The first-order valence-corrected chi connectivity index (χ1v) is 6.47. The second-order valence-electron chi connectivity index (χ2n) is 6.02. The third-order valence-electron chi connectivity index (χ3n) is 3.36. The van der Waals surface area contributed by atoms with Crippen molar-refractivity contribution in [2.24, 2.45) is 0 Å². The lowest BCUT2D eigenvalue weighted by Gasteiger charge is -2.43. The molecular formula is C12H24N4O. The predicted molar refractivity (Wildman–Crippen MR) is 68.1 cm³/mol. The molecule has 0 aromatic carbocycles. The largest absolute Gasteiger partial charge is 0.333 e. The summed E-state index contributed by atoms with van der Waals surface area (Å²) in [6.45, 7) is 12.0. The van der Waals surface area contributed by atoms with Crippen LogP contribution in [0.4, 0.5) is 4.79 Å². The van der Waals surface area contributed by atoms with Crippen molar-refractivity contribution < 1.29 is 4.79 Å². The average molecular weight is 240 g/mol. The highest BCUT2D eigenvalue weighted by Gasteiger charge is 2.29. The monoisotopic (exact) mass is 240 g/mol. The lowest BCUT2D eigenvalue weighted by molar-refractivity contribution is 0.0827. The zero-order valence-electron chi connectivity index (χ0n) is 11.1. The Bertz CT molecular complexity index is 275. The molecule has 2 fully saturated rings. The van der Waals surface area contributed by atoms with Crippen LogP contribution in [0.5, 0.6) is 0 Å². The van der Waals surface area contributed by atoms with Gasteiger partial charge in [0.05, 0.1) is 0 Å². The normalized spacial score (nSPS) is 23.4. The third-order valence-corrected chi connectivity index (χ3v) is 3.36. The fourth-order valence-corrected chi connectivity index (χ4v) is 2.22. The summed E-state index contributed by atoms with van der Waals surface area (Å²) in [4.78, 5) is 16.4. The first-order chi connectivity index (χ1) is 7.96. The maximum atomic E-state index is 12.0. The molecule has 2 heterocycles. The first kappa shape index (κ1) is 12.6. The van der Waals surface area contributed by atoms with Crippen molar-refractivity contribution in [3.8, 4) is 0 Å². The van der Waals surface area contributed by atoms with Crippen molar-refractivity contribution in [3.63, 3.8) is 0 Å². The van der Waals surface area contributed by atoms with Gasteiger partial charge in [0.2, 0.25) is 0 Å².